The van der Waals surface area contributed by atoms with Crippen LogP contribution < -0.4 is 0 Å². The Morgan fingerprint density at radius 2 is 1.62 bits per heavy atom. The quantitative estimate of drug-likeness (QED) is 0.586. The van der Waals surface area contributed by atoms with Gasteiger partial charge in [0.2, 0.25) is 0 Å². The molecule has 0 fully saturated rings. The first-order valence-electron chi connectivity index (χ1n) is 9.21. The molecule has 2 aromatic rings. The standard InChI is InChI=1S/C22H30O2/c1-2-3-4-5-6-13-21(23)17-19-11-9-10-18(15-19)16-20-12-7-8-14-22(20)24/h7-12,14-15,21,23-24H,2-6,13,16-17H2,1H3. The number of aliphatic hydroxyl groups excluding tert-OH is 1. The number of phenols is 1. The van der Waals surface area contributed by atoms with Crippen LogP contribution in [-0.2, 0) is 12.8 Å². The summed E-state index contributed by atoms with van der Waals surface area (Å²) >= 11 is 0. The van der Waals surface area contributed by atoms with Gasteiger partial charge < -0.3 is 10.2 Å². The number of hydrogen-bond donors (Lipinski definition) is 2. The van der Waals surface area contributed by atoms with Crippen LogP contribution in [0.25, 0.3) is 0 Å². The molecule has 0 heterocycles. The van der Waals surface area contributed by atoms with Crippen molar-refractivity contribution in [2.24, 2.45) is 0 Å². The maximum atomic E-state index is 10.2. The molecular weight excluding hydrogens is 296 g/mol. The lowest BCUT2D eigenvalue weighted by Crippen LogP contribution is -2.10. The molecule has 0 spiro atoms. The maximum Gasteiger partial charge on any atom is 0.119 e. The number of aromatic hydroxyl groups is 1. The molecule has 0 aliphatic heterocycles. The van der Waals surface area contributed by atoms with E-state index in [4.69, 9.17) is 0 Å². The van der Waals surface area contributed by atoms with Crippen molar-refractivity contribution in [2.75, 3.05) is 0 Å². The lowest BCUT2D eigenvalue weighted by atomic mass is 9.98. The second-order valence-corrected chi connectivity index (χ2v) is 6.69. The topological polar surface area (TPSA) is 40.5 Å². The van der Waals surface area contributed by atoms with Gasteiger partial charge in [-0.15, -0.1) is 0 Å². The van der Waals surface area contributed by atoms with Gasteiger partial charge in [0.15, 0.2) is 0 Å². The van der Waals surface area contributed by atoms with E-state index in [1.807, 2.05) is 24.3 Å². The molecule has 1 atom stereocenters. The van der Waals surface area contributed by atoms with Gasteiger partial charge in [0.1, 0.15) is 5.75 Å². The first kappa shape index (κ1) is 18.5. The van der Waals surface area contributed by atoms with Gasteiger partial charge in [-0.1, -0.05) is 81.5 Å². The highest BCUT2D eigenvalue weighted by Gasteiger charge is 2.07. The van der Waals surface area contributed by atoms with Crippen molar-refractivity contribution < 1.29 is 10.2 Å². The van der Waals surface area contributed by atoms with Gasteiger partial charge in [-0.25, -0.2) is 0 Å². The van der Waals surface area contributed by atoms with E-state index in [2.05, 4.69) is 25.1 Å². The Hall–Kier alpha value is -1.80. The SMILES string of the molecule is CCCCCCCC(O)Cc1cccc(Cc2ccccc2O)c1. The molecule has 0 radical (unpaired) electrons. The minimum atomic E-state index is -0.257. The van der Waals surface area contributed by atoms with Crippen molar-refractivity contribution in [1.29, 1.82) is 0 Å². The van der Waals surface area contributed by atoms with Gasteiger partial charge in [0.25, 0.3) is 0 Å². The fraction of sp³-hybridized carbons (Fsp3) is 0.455. The number of rotatable bonds is 10. The molecule has 2 heteroatoms. The number of para-hydroxylation sites is 1. The normalized spacial score (nSPS) is 12.2. The third-order valence-corrected chi connectivity index (χ3v) is 4.49. The number of benzene rings is 2. The van der Waals surface area contributed by atoms with Crippen molar-refractivity contribution >= 4 is 0 Å². The van der Waals surface area contributed by atoms with Crippen LogP contribution in [0.4, 0.5) is 0 Å². The largest absolute Gasteiger partial charge is 0.508 e. The Labute approximate surface area is 146 Å². The van der Waals surface area contributed by atoms with E-state index >= 15 is 0 Å². The van der Waals surface area contributed by atoms with Gasteiger partial charge in [0, 0.05) is 6.42 Å². The summed E-state index contributed by atoms with van der Waals surface area (Å²) in [6, 6.07) is 15.8. The Morgan fingerprint density at radius 1 is 0.875 bits per heavy atom. The Bertz CT molecular complexity index is 606. The summed E-state index contributed by atoms with van der Waals surface area (Å²) in [5.41, 5.74) is 3.28. The third kappa shape index (κ3) is 6.37. The van der Waals surface area contributed by atoms with Crippen LogP contribution in [0.2, 0.25) is 0 Å². The van der Waals surface area contributed by atoms with E-state index in [0.717, 1.165) is 18.4 Å². The van der Waals surface area contributed by atoms with Crippen molar-refractivity contribution in [3.05, 3.63) is 65.2 Å². The first-order valence-corrected chi connectivity index (χ1v) is 9.21. The summed E-state index contributed by atoms with van der Waals surface area (Å²) < 4.78 is 0. The van der Waals surface area contributed by atoms with Crippen LogP contribution in [0.15, 0.2) is 48.5 Å². The molecule has 2 rings (SSSR count). The van der Waals surface area contributed by atoms with Gasteiger partial charge in [-0.3, -0.25) is 0 Å². The molecule has 0 aliphatic carbocycles. The number of aliphatic hydroxyl groups is 1. The molecule has 0 aliphatic rings. The van der Waals surface area contributed by atoms with Crippen LogP contribution >= 0.6 is 0 Å². The summed E-state index contributed by atoms with van der Waals surface area (Å²) in [6.45, 7) is 2.22. The molecule has 0 saturated heterocycles. The van der Waals surface area contributed by atoms with Crippen molar-refractivity contribution in [3.63, 3.8) is 0 Å². The average molecular weight is 326 g/mol. The Kier molecular flexibility index (Phi) is 7.84. The molecule has 130 valence electrons. The van der Waals surface area contributed by atoms with E-state index in [0.29, 0.717) is 18.6 Å². The van der Waals surface area contributed by atoms with Crippen LogP contribution in [0.5, 0.6) is 5.75 Å². The Balaban J connectivity index is 1.85. The van der Waals surface area contributed by atoms with Crippen molar-refractivity contribution in [2.45, 2.75) is 64.4 Å². The molecule has 1 unspecified atom stereocenters. The van der Waals surface area contributed by atoms with Crippen LogP contribution in [0.3, 0.4) is 0 Å². The van der Waals surface area contributed by atoms with E-state index in [1.54, 1.807) is 6.07 Å². The zero-order valence-corrected chi connectivity index (χ0v) is 14.7. The fourth-order valence-corrected chi connectivity index (χ4v) is 3.10. The monoisotopic (exact) mass is 326 g/mol. The van der Waals surface area contributed by atoms with E-state index in [1.165, 1.54) is 36.8 Å². The predicted octanol–water partition coefficient (Wildman–Crippen LogP) is 5.25. The van der Waals surface area contributed by atoms with Crippen LogP contribution in [0.1, 0.15) is 62.1 Å². The predicted molar refractivity (Wildman–Crippen MR) is 100 cm³/mol. The molecule has 0 saturated carbocycles. The fourth-order valence-electron chi connectivity index (χ4n) is 3.10. The van der Waals surface area contributed by atoms with Crippen LogP contribution in [0, 0.1) is 0 Å². The minimum absolute atomic E-state index is 0.257. The van der Waals surface area contributed by atoms with E-state index < -0.39 is 0 Å². The number of phenolic OH excluding ortho intramolecular Hbond substituents is 1. The van der Waals surface area contributed by atoms with Crippen molar-refractivity contribution in [3.8, 4) is 5.75 Å². The number of unbranched alkanes of at least 4 members (excludes halogenated alkanes) is 4. The summed E-state index contributed by atoms with van der Waals surface area (Å²) in [4.78, 5) is 0. The summed E-state index contributed by atoms with van der Waals surface area (Å²) in [5, 5.41) is 20.1. The highest BCUT2D eigenvalue weighted by Crippen LogP contribution is 2.21. The second-order valence-electron chi connectivity index (χ2n) is 6.69. The summed E-state index contributed by atoms with van der Waals surface area (Å²) in [6.07, 6.45) is 8.21. The molecule has 0 bridgehead atoms. The highest BCUT2D eigenvalue weighted by molar-refractivity contribution is 5.37. The molecule has 0 amide bonds. The smallest absolute Gasteiger partial charge is 0.119 e. The zero-order valence-electron chi connectivity index (χ0n) is 14.7. The lowest BCUT2D eigenvalue weighted by Gasteiger charge is -2.12. The second kappa shape index (κ2) is 10.1. The van der Waals surface area contributed by atoms with Gasteiger partial charge in [0.05, 0.1) is 6.10 Å². The third-order valence-electron chi connectivity index (χ3n) is 4.49. The molecular formula is C22H30O2. The molecule has 2 N–H and O–H groups in total. The molecule has 2 aromatic carbocycles. The molecule has 0 aromatic heterocycles. The summed E-state index contributed by atoms with van der Waals surface area (Å²) in [7, 11) is 0. The van der Waals surface area contributed by atoms with Gasteiger partial charge in [-0.2, -0.15) is 0 Å². The summed E-state index contributed by atoms with van der Waals surface area (Å²) in [5.74, 6) is 0.343. The maximum absolute atomic E-state index is 10.2. The number of hydrogen-bond acceptors (Lipinski definition) is 2. The van der Waals surface area contributed by atoms with Crippen molar-refractivity contribution in [1.82, 2.24) is 0 Å². The van der Waals surface area contributed by atoms with E-state index in [-0.39, 0.29) is 6.10 Å². The zero-order chi connectivity index (χ0) is 17.2. The highest BCUT2D eigenvalue weighted by atomic mass is 16.3. The Morgan fingerprint density at radius 3 is 2.42 bits per heavy atom. The minimum Gasteiger partial charge on any atom is -0.508 e. The first-order chi connectivity index (χ1) is 11.7. The lowest BCUT2D eigenvalue weighted by molar-refractivity contribution is 0.161. The van der Waals surface area contributed by atoms with Crippen LogP contribution in [-0.4, -0.2) is 16.3 Å². The van der Waals surface area contributed by atoms with E-state index in [9.17, 15) is 10.2 Å². The van der Waals surface area contributed by atoms with Gasteiger partial charge >= 0.3 is 0 Å². The average Bonchev–Trinajstić information content (AvgIpc) is 2.57. The molecule has 2 nitrogen and oxygen atoms in total. The molecule has 24 heavy (non-hydrogen) atoms. The van der Waals surface area contributed by atoms with Gasteiger partial charge in [-0.05, 0) is 35.6 Å².